The Kier molecular flexibility index (Phi) is 1.96. The van der Waals surface area contributed by atoms with Gasteiger partial charge in [0.05, 0.1) is 0 Å². The van der Waals surface area contributed by atoms with Gasteiger partial charge in [0.1, 0.15) is 0 Å². The van der Waals surface area contributed by atoms with Crippen molar-refractivity contribution in [2.75, 3.05) is 13.1 Å². The summed E-state index contributed by atoms with van der Waals surface area (Å²) < 4.78 is 5.41. The highest BCUT2D eigenvalue weighted by atomic mass is 16.5. The maximum absolute atomic E-state index is 5.41. The zero-order chi connectivity index (χ0) is 11.5. The van der Waals surface area contributed by atoms with E-state index >= 15 is 0 Å². The van der Waals surface area contributed by atoms with Crippen LogP contribution in [-0.4, -0.2) is 23.2 Å². The van der Waals surface area contributed by atoms with Gasteiger partial charge >= 0.3 is 0 Å². The van der Waals surface area contributed by atoms with Crippen molar-refractivity contribution < 1.29 is 4.52 Å². The molecule has 3 fully saturated rings. The minimum absolute atomic E-state index is 0.161. The summed E-state index contributed by atoms with van der Waals surface area (Å²) in [6.45, 7) is 4.66. The van der Waals surface area contributed by atoms with Gasteiger partial charge in [0, 0.05) is 11.3 Å². The van der Waals surface area contributed by atoms with E-state index in [0.717, 1.165) is 23.6 Å². The lowest BCUT2D eigenvalue weighted by Gasteiger charge is -2.20. The summed E-state index contributed by atoms with van der Waals surface area (Å²) >= 11 is 0. The van der Waals surface area contributed by atoms with Crippen molar-refractivity contribution in [3.63, 3.8) is 0 Å². The molecule has 92 valence electrons. The molecule has 0 radical (unpaired) electrons. The Morgan fingerprint density at radius 3 is 2.59 bits per heavy atom. The van der Waals surface area contributed by atoms with Crippen LogP contribution in [0.1, 0.15) is 50.2 Å². The van der Waals surface area contributed by atoms with E-state index in [0.29, 0.717) is 5.92 Å². The number of hydrogen-bond acceptors (Lipinski definition) is 4. The van der Waals surface area contributed by atoms with Crippen LogP contribution in [-0.2, 0) is 5.41 Å². The predicted octanol–water partition coefficient (Wildman–Crippen LogP) is 1.83. The van der Waals surface area contributed by atoms with Crippen LogP contribution < -0.4 is 5.32 Å². The Labute approximate surface area is 101 Å². The molecule has 1 aromatic rings. The van der Waals surface area contributed by atoms with E-state index < -0.39 is 0 Å². The van der Waals surface area contributed by atoms with Gasteiger partial charge in [-0.3, -0.25) is 0 Å². The van der Waals surface area contributed by atoms with Gasteiger partial charge in [-0.1, -0.05) is 12.1 Å². The average Bonchev–Trinajstić information content (AvgIpc) is 2.74. The Hall–Kier alpha value is -0.900. The van der Waals surface area contributed by atoms with Crippen molar-refractivity contribution in [2.45, 2.75) is 43.9 Å². The van der Waals surface area contributed by atoms with Crippen molar-refractivity contribution >= 4 is 0 Å². The minimum Gasteiger partial charge on any atom is -0.339 e. The fourth-order valence-corrected chi connectivity index (χ4v) is 3.66. The van der Waals surface area contributed by atoms with E-state index in [1.54, 1.807) is 0 Å². The van der Waals surface area contributed by atoms with Crippen molar-refractivity contribution in [3.05, 3.63) is 11.7 Å². The first-order valence-corrected chi connectivity index (χ1v) is 6.79. The van der Waals surface area contributed by atoms with Crippen LogP contribution in [0, 0.1) is 11.8 Å². The Balaban J connectivity index is 1.60. The number of aromatic nitrogens is 2. The first-order valence-electron chi connectivity index (χ1n) is 6.79. The summed E-state index contributed by atoms with van der Waals surface area (Å²) in [5, 5.41) is 7.73. The van der Waals surface area contributed by atoms with Crippen LogP contribution in [0.4, 0.5) is 0 Å². The molecule has 0 spiro atoms. The first-order chi connectivity index (χ1) is 8.24. The number of rotatable bonds is 2. The van der Waals surface area contributed by atoms with E-state index in [4.69, 9.17) is 4.52 Å². The smallest absolute Gasteiger partial charge is 0.229 e. The molecule has 0 aromatic carbocycles. The van der Waals surface area contributed by atoms with Gasteiger partial charge < -0.3 is 9.84 Å². The molecule has 1 aliphatic heterocycles. The van der Waals surface area contributed by atoms with Gasteiger partial charge in [-0.25, -0.2) is 0 Å². The van der Waals surface area contributed by atoms with E-state index in [-0.39, 0.29) is 5.41 Å². The molecule has 3 aliphatic rings. The third kappa shape index (κ3) is 1.53. The normalized spacial score (nSPS) is 40.8. The maximum Gasteiger partial charge on any atom is 0.229 e. The van der Waals surface area contributed by atoms with Gasteiger partial charge in [0.25, 0.3) is 0 Å². The highest BCUT2D eigenvalue weighted by Crippen LogP contribution is 2.48. The van der Waals surface area contributed by atoms with Gasteiger partial charge in [-0.2, -0.15) is 4.98 Å². The third-order valence-electron chi connectivity index (χ3n) is 4.81. The summed E-state index contributed by atoms with van der Waals surface area (Å²) in [6, 6.07) is 0. The fourth-order valence-electron chi connectivity index (χ4n) is 3.66. The number of fused-ring (bicyclic) bond motifs is 1. The van der Waals surface area contributed by atoms with Crippen molar-refractivity contribution in [2.24, 2.45) is 11.8 Å². The molecular formula is C13H19N3O. The summed E-state index contributed by atoms with van der Waals surface area (Å²) in [5.41, 5.74) is 0.161. The van der Waals surface area contributed by atoms with Crippen molar-refractivity contribution in [1.82, 2.24) is 15.5 Å². The minimum atomic E-state index is 0.161. The number of nitrogens with zero attached hydrogens (tertiary/aromatic N) is 2. The summed E-state index contributed by atoms with van der Waals surface area (Å²) in [4.78, 5) is 4.66. The van der Waals surface area contributed by atoms with Crippen molar-refractivity contribution in [1.29, 1.82) is 0 Å². The monoisotopic (exact) mass is 233 g/mol. The van der Waals surface area contributed by atoms with E-state index in [9.17, 15) is 0 Å². The Morgan fingerprint density at radius 2 is 1.94 bits per heavy atom. The lowest BCUT2D eigenvalue weighted by atomic mass is 9.86. The lowest BCUT2D eigenvalue weighted by Crippen LogP contribution is -2.24. The van der Waals surface area contributed by atoms with Crippen LogP contribution >= 0.6 is 0 Å². The Bertz CT molecular complexity index is 426. The van der Waals surface area contributed by atoms with Gasteiger partial charge in [0.15, 0.2) is 5.82 Å². The second-order valence-corrected chi connectivity index (χ2v) is 6.38. The first kappa shape index (κ1) is 10.1. The molecule has 1 aromatic heterocycles. The largest absolute Gasteiger partial charge is 0.339 e. The zero-order valence-corrected chi connectivity index (χ0v) is 10.3. The molecule has 1 unspecified atom stereocenters. The average molecular weight is 233 g/mol. The number of hydrogen-bond donors (Lipinski definition) is 1. The summed E-state index contributed by atoms with van der Waals surface area (Å²) in [7, 11) is 0. The Morgan fingerprint density at radius 1 is 1.24 bits per heavy atom. The summed E-state index contributed by atoms with van der Waals surface area (Å²) in [5.74, 6) is 4.07. The predicted molar refractivity (Wildman–Crippen MR) is 62.7 cm³/mol. The second-order valence-electron chi connectivity index (χ2n) is 6.38. The van der Waals surface area contributed by atoms with E-state index in [2.05, 4.69) is 22.4 Å². The third-order valence-corrected chi connectivity index (χ3v) is 4.81. The van der Waals surface area contributed by atoms with E-state index in [1.165, 1.54) is 38.8 Å². The lowest BCUT2D eigenvalue weighted by molar-refractivity contribution is 0.347. The van der Waals surface area contributed by atoms with Crippen LogP contribution in [0.25, 0.3) is 0 Å². The van der Waals surface area contributed by atoms with Gasteiger partial charge in [-0.05, 0) is 50.6 Å². The summed E-state index contributed by atoms with van der Waals surface area (Å²) in [6.07, 6.45) is 4.89. The molecule has 2 saturated carbocycles. The molecular weight excluding hydrogens is 214 g/mol. The quantitative estimate of drug-likeness (QED) is 0.846. The van der Waals surface area contributed by atoms with Crippen LogP contribution in [0.15, 0.2) is 4.52 Å². The zero-order valence-electron chi connectivity index (χ0n) is 10.3. The molecule has 1 saturated heterocycles. The molecule has 0 amide bonds. The molecule has 4 heteroatoms. The van der Waals surface area contributed by atoms with Crippen LogP contribution in [0.5, 0.6) is 0 Å². The molecule has 2 aliphatic carbocycles. The molecule has 4 rings (SSSR count). The topological polar surface area (TPSA) is 51.0 Å². The van der Waals surface area contributed by atoms with Crippen LogP contribution in [0.3, 0.4) is 0 Å². The standard InChI is InChI=1S/C13H19N3O/c1-13(4-9-6-14-7-10(9)5-13)12-15-11(17-16-12)8-2-3-8/h8-10,14H,2-7H2,1H3/t9-,10+,13?. The molecule has 4 nitrogen and oxygen atoms in total. The van der Waals surface area contributed by atoms with Gasteiger partial charge in [-0.15, -0.1) is 0 Å². The number of nitrogens with one attached hydrogen (secondary N) is 1. The molecule has 3 atom stereocenters. The van der Waals surface area contributed by atoms with E-state index in [1.807, 2.05) is 0 Å². The van der Waals surface area contributed by atoms with Crippen molar-refractivity contribution in [3.8, 4) is 0 Å². The SMILES string of the molecule is CC1(c2noc(C3CC3)n2)C[C@H]2CNC[C@H]2C1. The van der Waals surface area contributed by atoms with Crippen LogP contribution in [0.2, 0.25) is 0 Å². The molecule has 1 N–H and O–H groups in total. The fraction of sp³-hybridized carbons (Fsp3) is 0.846. The molecule has 17 heavy (non-hydrogen) atoms. The van der Waals surface area contributed by atoms with Gasteiger partial charge in [0.2, 0.25) is 5.89 Å². The molecule has 2 heterocycles. The highest BCUT2D eigenvalue weighted by Gasteiger charge is 2.48. The molecule has 0 bridgehead atoms. The maximum atomic E-state index is 5.41. The highest BCUT2D eigenvalue weighted by molar-refractivity contribution is 5.14. The second kappa shape index (κ2) is 3.31.